The number of hydrogen-bond donors (Lipinski definition) is 2. The third kappa shape index (κ3) is 3.42. The number of aromatic nitrogens is 2. The van der Waals surface area contributed by atoms with Crippen LogP contribution >= 0.6 is 11.5 Å². The van der Waals surface area contributed by atoms with Crippen LogP contribution in [-0.4, -0.2) is 15.9 Å². The standard InChI is InChI=1S/C16H20N4S/c17-15-14(13-7-4-9-18-11-13)16(21-20-15)19-10-8-12-5-2-1-3-6-12/h4-5,7,9,11,19H,1-3,6,8,10H2,(H2,17,20). The number of anilines is 2. The average Bonchev–Trinajstić information content (AvgIpc) is 2.90. The summed E-state index contributed by atoms with van der Waals surface area (Å²) in [6, 6.07) is 3.94. The number of allylic oxidation sites excluding steroid dienone is 1. The van der Waals surface area contributed by atoms with E-state index in [0.29, 0.717) is 5.82 Å². The van der Waals surface area contributed by atoms with E-state index in [1.165, 1.54) is 37.2 Å². The first-order valence-electron chi connectivity index (χ1n) is 7.42. The third-order valence-corrected chi connectivity index (χ3v) is 4.60. The van der Waals surface area contributed by atoms with Gasteiger partial charge in [-0.15, -0.1) is 0 Å². The van der Waals surface area contributed by atoms with Crippen molar-refractivity contribution in [2.45, 2.75) is 32.1 Å². The van der Waals surface area contributed by atoms with Crippen LogP contribution in [0, 0.1) is 0 Å². The van der Waals surface area contributed by atoms with Gasteiger partial charge in [-0.2, -0.15) is 4.37 Å². The van der Waals surface area contributed by atoms with E-state index in [1.54, 1.807) is 11.8 Å². The molecule has 1 aliphatic carbocycles. The molecule has 0 aliphatic heterocycles. The Bertz CT molecular complexity index is 618. The lowest BCUT2D eigenvalue weighted by atomic mass is 9.97. The SMILES string of the molecule is Nc1nsc(NCCC2=CCCCC2)c1-c1cccnc1. The normalized spacial score (nSPS) is 14.8. The van der Waals surface area contributed by atoms with Crippen LogP contribution in [0.3, 0.4) is 0 Å². The van der Waals surface area contributed by atoms with Gasteiger partial charge in [0.2, 0.25) is 0 Å². The van der Waals surface area contributed by atoms with Crippen LogP contribution in [-0.2, 0) is 0 Å². The Hall–Kier alpha value is -1.88. The number of nitrogens with zero attached hydrogens (tertiary/aromatic N) is 2. The van der Waals surface area contributed by atoms with Gasteiger partial charge >= 0.3 is 0 Å². The number of hydrogen-bond acceptors (Lipinski definition) is 5. The number of rotatable bonds is 5. The summed E-state index contributed by atoms with van der Waals surface area (Å²) in [4.78, 5) is 4.16. The summed E-state index contributed by atoms with van der Waals surface area (Å²) in [6.07, 6.45) is 12.3. The maximum Gasteiger partial charge on any atom is 0.147 e. The number of nitrogens with two attached hydrogens (primary N) is 1. The van der Waals surface area contributed by atoms with Gasteiger partial charge < -0.3 is 11.1 Å². The molecule has 2 aromatic rings. The molecular formula is C16H20N4S. The van der Waals surface area contributed by atoms with E-state index in [9.17, 15) is 0 Å². The van der Waals surface area contributed by atoms with Crippen molar-refractivity contribution in [3.8, 4) is 11.1 Å². The maximum atomic E-state index is 6.01. The van der Waals surface area contributed by atoms with Crippen molar-refractivity contribution in [2.75, 3.05) is 17.6 Å². The molecular weight excluding hydrogens is 280 g/mol. The maximum absolute atomic E-state index is 6.01. The van der Waals surface area contributed by atoms with Gasteiger partial charge in [0.05, 0.1) is 5.56 Å². The topological polar surface area (TPSA) is 63.8 Å². The minimum absolute atomic E-state index is 0.576. The minimum Gasteiger partial charge on any atom is -0.382 e. The highest BCUT2D eigenvalue weighted by molar-refractivity contribution is 7.11. The quantitative estimate of drug-likeness (QED) is 0.816. The van der Waals surface area contributed by atoms with E-state index in [0.717, 1.165) is 29.1 Å². The number of nitrogens with one attached hydrogen (secondary N) is 1. The van der Waals surface area contributed by atoms with Crippen molar-refractivity contribution in [2.24, 2.45) is 0 Å². The molecule has 3 rings (SSSR count). The summed E-state index contributed by atoms with van der Waals surface area (Å²) in [7, 11) is 0. The molecule has 2 heterocycles. The first-order chi connectivity index (χ1) is 10.3. The zero-order valence-corrected chi connectivity index (χ0v) is 12.8. The van der Waals surface area contributed by atoms with E-state index in [-0.39, 0.29) is 0 Å². The fourth-order valence-corrected chi connectivity index (χ4v) is 3.44. The predicted molar refractivity (Wildman–Crippen MR) is 89.4 cm³/mol. The number of pyridine rings is 1. The Labute approximate surface area is 129 Å². The molecule has 110 valence electrons. The Morgan fingerprint density at radius 3 is 3.05 bits per heavy atom. The van der Waals surface area contributed by atoms with Gasteiger partial charge in [0.15, 0.2) is 0 Å². The highest BCUT2D eigenvalue weighted by Crippen LogP contribution is 2.36. The smallest absolute Gasteiger partial charge is 0.147 e. The van der Waals surface area contributed by atoms with Gasteiger partial charge in [-0.1, -0.05) is 17.7 Å². The molecule has 0 spiro atoms. The second kappa shape index (κ2) is 6.72. The van der Waals surface area contributed by atoms with Gasteiger partial charge in [-0.05, 0) is 49.7 Å². The molecule has 1 aliphatic rings. The molecule has 0 radical (unpaired) electrons. The minimum atomic E-state index is 0.576. The monoisotopic (exact) mass is 300 g/mol. The highest BCUT2D eigenvalue weighted by Gasteiger charge is 2.13. The van der Waals surface area contributed by atoms with Gasteiger partial charge in [-0.3, -0.25) is 4.98 Å². The molecule has 0 bridgehead atoms. The Balaban J connectivity index is 1.67. The Kier molecular flexibility index (Phi) is 4.50. The fraction of sp³-hybridized carbons (Fsp3) is 0.375. The number of nitrogen functional groups attached to an aromatic ring is 1. The van der Waals surface area contributed by atoms with Crippen LogP contribution in [0.4, 0.5) is 10.8 Å². The summed E-state index contributed by atoms with van der Waals surface area (Å²) in [5, 5.41) is 4.53. The molecule has 0 aromatic carbocycles. The summed E-state index contributed by atoms with van der Waals surface area (Å²) < 4.78 is 4.27. The average molecular weight is 300 g/mol. The van der Waals surface area contributed by atoms with Gasteiger partial charge in [0, 0.05) is 24.5 Å². The molecule has 3 N–H and O–H groups in total. The van der Waals surface area contributed by atoms with E-state index < -0.39 is 0 Å². The molecule has 21 heavy (non-hydrogen) atoms. The van der Waals surface area contributed by atoms with Crippen LogP contribution in [0.1, 0.15) is 32.1 Å². The molecule has 0 amide bonds. The van der Waals surface area contributed by atoms with E-state index in [1.807, 2.05) is 18.3 Å². The first-order valence-corrected chi connectivity index (χ1v) is 8.19. The van der Waals surface area contributed by atoms with Crippen molar-refractivity contribution >= 4 is 22.4 Å². The van der Waals surface area contributed by atoms with Crippen molar-refractivity contribution in [3.63, 3.8) is 0 Å². The summed E-state index contributed by atoms with van der Waals surface area (Å²) in [5.41, 5.74) is 9.58. The summed E-state index contributed by atoms with van der Waals surface area (Å²) >= 11 is 1.42. The van der Waals surface area contributed by atoms with Crippen LogP contribution in [0.15, 0.2) is 36.2 Å². The van der Waals surface area contributed by atoms with E-state index >= 15 is 0 Å². The lowest BCUT2D eigenvalue weighted by Crippen LogP contribution is -2.04. The lowest BCUT2D eigenvalue weighted by Gasteiger charge is -2.13. The molecule has 0 saturated heterocycles. The molecule has 4 nitrogen and oxygen atoms in total. The highest BCUT2D eigenvalue weighted by atomic mass is 32.1. The Morgan fingerprint density at radius 2 is 2.29 bits per heavy atom. The van der Waals surface area contributed by atoms with Gasteiger partial charge in [-0.25, -0.2) is 0 Å². The predicted octanol–water partition coefficient (Wildman–Crippen LogP) is 4.09. The van der Waals surface area contributed by atoms with Crippen LogP contribution in [0.2, 0.25) is 0 Å². The molecule has 2 aromatic heterocycles. The van der Waals surface area contributed by atoms with Crippen molar-refractivity contribution in [1.29, 1.82) is 0 Å². The second-order valence-corrected chi connectivity index (χ2v) is 6.07. The molecule has 5 heteroatoms. The zero-order valence-electron chi connectivity index (χ0n) is 12.0. The van der Waals surface area contributed by atoms with E-state index in [2.05, 4.69) is 20.8 Å². The molecule has 0 saturated carbocycles. The van der Waals surface area contributed by atoms with Gasteiger partial charge in [0.25, 0.3) is 0 Å². The lowest BCUT2D eigenvalue weighted by molar-refractivity contribution is 0.679. The van der Waals surface area contributed by atoms with E-state index in [4.69, 9.17) is 5.73 Å². The van der Waals surface area contributed by atoms with Crippen LogP contribution in [0.5, 0.6) is 0 Å². The van der Waals surface area contributed by atoms with Crippen LogP contribution < -0.4 is 11.1 Å². The fourth-order valence-electron chi connectivity index (χ4n) is 2.68. The van der Waals surface area contributed by atoms with Crippen molar-refractivity contribution in [1.82, 2.24) is 9.36 Å². The largest absolute Gasteiger partial charge is 0.382 e. The molecule has 0 unspecified atom stereocenters. The Morgan fingerprint density at radius 1 is 1.33 bits per heavy atom. The molecule has 0 atom stereocenters. The summed E-state index contributed by atoms with van der Waals surface area (Å²) in [6.45, 7) is 0.931. The van der Waals surface area contributed by atoms with Crippen LogP contribution in [0.25, 0.3) is 11.1 Å². The molecule has 0 fully saturated rings. The zero-order chi connectivity index (χ0) is 14.5. The van der Waals surface area contributed by atoms with Crippen molar-refractivity contribution in [3.05, 3.63) is 36.2 Å². The summed E-state index contributed by atoms with van der Waals surface area (Å²) in [5.74, 6) is 0.576. The van der Waals surface area contributed by atoms with Gasteiger partial charge in [0.1, 0.15) is 10.8 Å². The second-order valence-electron chi connectivity index (χ2n) is 5.30. The third-order valence-electron chi connectivity index (χ3n) is 3.79. The first kappa shape index (κ1) is 14.1. The van der Waals surface area contributed by atoms with Crippen molar-refractivity contribution < 1.29 is 0 Å².